The van der Waals surface area contributed by atoms with Crippen molar-refractivity contribution in [2.45, 2.75) is 13.1 Å². The Balaban J connectivity index is 1.63. The van der Waals surface area contributed by atoms with Crippen molar-refractivity contribution in [3.8, 4) is 0 Å². The molecule has 25 heavy (non-hydrogen) atoms. The maximum absolute atomic E-state index is 12.2. The molecule has 136 valence electrons. The lowest BCUT2D eigenvalue weighted by Gasteiger charge is -2.35. The summed E-state index contributed by atoms with van der Waals surface area (Å²) in [6.45, 7) is 4.11. The van der Waals surface area contributed by atoms with Gasteiger partial charge >= 0.3 is 0 Å². The van der Waals surface area contributed by atoms with Crippen molar-refractivity contribution in [1.29, 1.82) is 0 Å². The minimum atomic E-state index is -3.31. The number of piperazine rings is 1. The molecule has 1 fully saturated rings. The third kappa shape index (κ3) is 4.27. The fourth-order valence-corrected chi connectivity index (χ4v) is 4.11. The zero-order valence-electron chi connectivity index (χ0n) is 14.7. The molecular weight excluding hydrogens is 338 g/mol. The second-order valence-corrected chi connectivity index (χ2v) is 8.58. The first kappa shape index (κ1) is 18.1. The molecule has 0 N–H and O–H groups in total. The fraction of sp³-hybridized carbons (Fsp3) is 0.471. The van der Waals surface area contributed by atoms with E-state index in [1.54, 1.807) is 24.6 Å². The number of aromatic nitrogens is 2. The molecule has 8 heteroatoms. The van der Waals surface area contributed by atoms with Crippen molar-refractivity contribution in [1.82, 2.24) is 23.3 Å². The molecule has 0 atom stereocenters. The van der Waals surface area contributed by atoms with E-state index >= 15 is 0 Å². The minimum Gasteiger partial charge on any atom is -0.296 e. The van der Waals surface area contributed by atoms with Gasteiger partial charge in [-0.25, -0.2) is 0 Å². The number of benzene rings is 1. The molecule has 0 amide bonds. The lowest BCUT2D eigenvalue weighted by molar-refractivity contribution is 0.177. The van der Waals surface area contributed by atoms with Gasteiger partial charge in [0.25, 0.3) is 10.2 Å². The fourth-order valence-electron chi connectivity index (χ4n) is 3.02. The molecular formula is C17H25N5O2S. The smallest absolute Gasteiger partial charge is 0.281 e. The van der Waals surface area contributed by atoms with Crippen molar-refractivity contribution < 1.29 is 8.42 Å². The predicted octanol–water partition coefficient (Wildman–Crippen LogP) is 0.855. The molecule has 0 saturated carbocycles. The third-order valence-corrected chi connectivity index (χ3v) is 6.46. The lowest BCUT2D eigenvalue weighted by Crippen LogP contribution is -2.51. The van der Waals surface area contributed by atoms with Crippen LogP contribution in [-0.4, -0.2) is 72.0 Å². The van der Waals surface area contributed by atoms with E-state index in [2.05, 4.69) is 28.2 Å². The Morgan fingerprint density at radius 1 is 1.00 bits per heavy atom. The molecule has 0 aliphatic carbocycles. The standard InChI is InChI=1S/C17H25N5O2S/c1-19(2)25(23,24)22-12-10-20(11-13-22)14-16-6-3-4-7-17(16)15-21-9-5-8-18-21/h3-9H,10-15H2,1-2H3. The van der Waals surface area contributed by atoms with E-state index in [4.69, 9.17) is 0 Å². The molecule has 7 nitrogen and oxygen atoms in total. The molecule has 1 aliphatic rings. The van der Waals surface area contributed by atoms with Gasteiger partial charge in [0.1, 0.15) is 0 Å². The van der Waals surface area contributed by atoms with Crippen LogP contribution in [0, 0.1) is 0 Å². The highest BCUT2D eigenvalue weighted by molar-refractivity contribution is 7.86. The van der Waals surface area contributed by atoms with Gasteiger partial charge < -0.3 is 0 Å². The largest absolute Gasteiger partial charge is 0.296 e. The zero-order valence-corrected chi connectivity index (χ0v) is 15.6. The average Bonchev–Trinajstić information content (AvgIpc) is 3.10. The van der Waals surface area contributed by atoms with Crippen LogP contribution < -0.4 is 0 Å². The Morgan fingerprint density at radius 2 is 1.64 bits per heavy atom. The Kier molecular flexibility index (Phi) is 5.53. The monoisotopic (exact) mass is 363 g/mol. The Hall–Kier alpha value is -1.74. The Morgan fingerprint density at radius 3 is 2.20 bits per heavy atom. The minimum absolute atomic E-state index is 0.530. The maximum Gasteiger partial charge on any atom is 0.281 e. The molecule has 1 aromatic carbocycles. The summed E-state index contributed by atoms with van der Waals surface area (Å²) in [7, 11) is -0.157. The van der Waals surface area contributed by atoms with Crippen LogP contribution in [0.5, 0.6) is 0 Å². The first-order valence-corrected chi connectivity index (χ1v) is 9.80. The van der Waals surface area contributed by atoms with E-state index < -0.39 is 10.2 Å². The normalized spacial score (nSPS) is 17.2. The van der Waals surface area contributed by atoms with E-state index in [0.29, 0.717) is 13.1 Å². The second kappa shape index (κ2) is 7.65. The molecule has 0 unspecified atom stereocenters. The van der Waals surface area contributed by atoms with Crippen molar-refractivity contribution in [3.63, 3.8) is 0 Å². The first-order chi connectivity index (χ1) is 12.0. The van der Waals surface area contributed by atoms with Gasteiger partial charge in [0.2, 0.25) is 0 Å². The van der Waals surface area contributed by atoms with Gasteiger partial charge in [0.15, 0.2) is 0 Å². The average molecular weight is 363 g/mol. The summed E-state index contributed by atoms with van der Waals surface area (Å²) < 4.78 is 29.2. The van der Waals surface area contributed by atoms with Crippen LogP contribution in [0.4, 0.5) is 0 Å². The highest BCUT2D eigenvalue weighted by atomic mass is 32.2. The van der Waals surface area contributed by atoms with E-state index in [1.807, 2.05) is 23.0 Å². The van der Waals surface area contributed by atoms with E-state index in [0.717, 1.165) is 26.2 Å². The van der Waals surface area contributed by atoms with Gasteiger partial charge in [-0.15, -0.1) is 0 Å². The molecule has 1 aromatic heterocycles. The SMILES string of the molecule is CN(C)S(=O)(=O)N1CCN(Cc2ccccc2Cn2cccn2)CC1. The Labute approximate surface area is 149 Å². The van der Waals surface area contributed by atoms with Crippen molar-refractivity contribution in [3.05, 3.63) is 53.9 Å². The number of nitrogens with zero attached hydrogens (tertiary/aromatic N) is 5. The molecule has 0 spiro atoms. The topological polar surface area (TPSA) is 61.7 Å². The summed E-state index contributed by atoms with van der Waals surface area (Å²) in [5, 5.41) is 4.28. The highest BCUT2D eigenvalue weighted by Gasteiger charge is 2.28. The van der Waals surface area contributed by atoms with Crippen LogP contribution in [0.2, 0.25) is 0 Å². The summed E-state index contributed by atoms with van der Waals surface area (Å²) in [5.74, 6) is 0. The second-order valence-electron chi connectivity index (χ2n) is 6.44. The van der Waals surface area contributed by atoms with E-state index in [1.165, 1.54) is 15.4 Å². The molecule has 2 aromatic rings. The van der Waals surface area contributed by atoms with Crippen LogP contribution >= 0.6 is 0 Å². The van der Waals surface area contributed by atoms with Crippen LogP contribution in [0.25, 0.3) is 0 Å². The summed E-state index contributed by atoms with van der Waals surface area (Å²) in [4.78, 5) is 2.31. The van der Waals surface area contributed by atoms with Crippen LogP contribution in [-0.2, 0) is 23.3 Å². The van der Waals surface area contributed by atoms with E-state index in [9.17, 15) is 8.42 Å². The maximum atomic E-state index is 12.2. The molecule has 1 saturated heterocycles. The van der Waals surface area contributed by atoms with Gasteiger partial charge in [-0.1, -0.05) is 24.3 Å². The van der Waals surface area contributed by atoms with Crippen LogP contribution in [0.3, 0.4) is 0 Å². The molecule has 0 radical (unpaired) electrons. The Bertz CT molecular complexity index is 781. The highest BCUT2D eigenvalue weighted by Crippen LogP contribution is 2.16. The van der Waals surface area contributed by atoms with Crippen molar-refractivity contribution in [2.75, 3.05) is 40.3 Å². The summed E-state index contributed by atoms with van der Waals surface area (Å²) >= 11 is 0. The molecule has 2 heterocycles. The molecule has 3 rings (SSSR count). The zero-order chi connectivity index (χ0) is 17.9. The summed E-state index contributed by atoms with van der Waals surface area (Å²) in [5.41, 5.74) is 2.51. The van der Waals surface area contributed by atoms with Crippen LogP contribution in [0.15, 0.2) is 42.7 Å². The first-order valence-electron chi connectivity index (χ1n) is 8.41. The molecule has 0 bridgehead atoms. The lowest BCUT2D eigenvalue weighted by atomic mass is 10.1. The third-order valence-electron chi connectivity index (χ3n) is 4.52. The van der Waals surface area contributed by atoms with Gasteiger partial charge in [-0.05, 0) is 17.2 Å². The van der Waals surface area contributed by atoms with Crippen molar-refractivity contribution >= 4 is 10.2 Å². The van der Waals surface area contributed by atoms with Gasteiger partial charge in [-0.3, -0.25) is 9.58 Å². The van der Waals surface area contributed by atoms with Gasteiger partial charge in [-0.2, -0.15) is 22.1 Å². The summed E-state index contributed by atoms with van der Waals surface area (Å²) in [6.07, 6.45) is 3.74. The number of rotatable bonds is 6. The molecule has 1 aliphatic heterocycles. The number of hydrogen-bond acceptors (Lipinski definition) is 4. The van der Waals surface area contributed by atoms with Crippen LogP contribution in [0.1, 0.15) is 11.1 Å². The van der Waals surface area contributed by atoms with Gasteiger partial charge in [0, 0.05) is 59.2 Å². The van der Waals surface area contributed by atoms with Crippen molar-refractivity contribution in [2.24, 2.45) is 0 Å². The quantitative estimate of drug-likeness (QED) is 0.764. The summed E-state index contributed by atoms with van der Waals surface area (Å²) in [6, 6.07) is 10.3. The number of hydrogen-bond donors (Lipinski definition) is 0. The predicted molar refractivity (Wildman–Crippen MR) is 97.2 cm³/mol. The van der Waals surface area contributed by atoms with E-state index in [-0.39, 0.29) is 0 Å². The van der Waals surface area contributed by atoms with Gasteiger partial charge in [0.05, 0.1) is 6.54 Å².